The molecule has 4 nitrogen and oxygen atoms in total. The largest absolute Gasteiger partial charge is 0.339 e. The molecule has 18 heavy (non-hydrogen) atoms. The average molecular weight is 245 g/mol. The number of urea groups is 1. The molecule has 0 unspecified atom stereocenters. The van der Waals surface area contributed by atoms with Crippen molar-refractivity contribution in [2.75, 3.05) is 5.32 Å². The molecule has 0 saturated heterocycles. The number of hydrazone groups is 1. The summed E-state index contributed by atoms with van der Waals surface area (Å²) >= 11 is 0. The van der Waals surface area contributed by atoms with Crippen molar-refractivity contribution in [3.63, 3.8) is 0 Å². The summed E-state index contributed by atoms with van der Waals surface area (Å²) in [6.45, 7) is 2.26. The number of carbonyl (C=O) groups is 1. The van der Waals surface area contributed by atoms with Crippen LogP contribution in [-0.2, 0) is 0 Å². The standard InChI is InChI=1S/C14H19N3O/c1-11-7-9-13(10-8-11)16-17-14(18)15-12-5-3-2-4-6-12/h2-6,11H,7-10H2,1H3,(H2,15,17,18). The Kier molecular flexibility index (Phi) is 4.34. The predicted octanol–water partition coefficient (Wildman–Crippen LogP) is 3.37. The Hall–Kier alpha value is -1.84. The van der Waals surface area contributed by atoms with Gasteiger partial charge < -0.3 is 5.32 Å². The van der Waals surface area contributed by atoms with Gasteiger partial charge in [0.05, 0.1) is 0 Å². The van der Waals surface area contributed by atoms with Gasteiger partial charge in [0.25, 0.3) is 0 Å². The first-order chi connectivity index (χ1) is 8.74. The van der Waals surface area contributed by atoms with Crippen LogP contribution >= 0.6 is 0 Å². The molecule has 0 radical (unpaired) electrons. The molecule has 2 amide bonds. The van der Waals surface area contributed by atoms with E-state index in [1.54, 1.807) is 0 Å². The number of hydrogen-bond acceptors (Lipinski definition) is 2. The van der Waals surface area contributed by atoms with Gasteiger partial charge in [0, 0.05) is 11.4 Å². The molecular weight excluding hydrogens is 226 g/mol. The molecule has 4 heteroatoms. The predicted molar refractivity (Wildman–Crippen MR) is 73.7 cm³/mol. The first-order valence-corrected chi connectivity index (χ1v) is 6.41. The van der Waals surface area contributed by atoms with Crippen molar-refractivity contribution in [2.24, 2.45) is 11.0 Å². The zero-order valence-electron chi connectivity index (χ0n) is 10.6. The van der Waals surface area contributed by atoms with Crippen LogP contribution < -0.4 is 10.7 Å². The maximum absolute atomic E-state index is 11.6. The van der Waals surface area contributed by atoms with Gasteiger partial charge in [-0.1, -0.05) is 25.1 Å². The monoisotopic (exact) mass is 245 g/mol. The fourth-order valence-electron chi connectivity index (χ4n) is 2.02. The fraction of sp³-hybridized carbons (Fsp3) is 0.429. The van der Waals surface area contributed by atoms with Gasteiger partial charge in [-0.3, -0.25) is 0 Å². The van der Waals surface area contributed by atoms with Gasteiger partial charge in [-0.05, 0) is 43.7 Å². The summed E-state index contributed by atoms with van der Waals surface area (Å²) in [5.74, 6) is 0.780. The Bertz CT molecular complexity index is 418. The minimum atomic E-state index is -0.285. The van der Waals surface area contributed by atoms with Crippen LogP contribution in [0.2, 0.25) is 0 Å². The molecule has 0 aliphatic heterocycles. The maximum Gasteiger partial charge on any atom is 0.339 e. The number of amides is 2. The van der Waals surface area contributed by atoms with Gasteiger partial charge in [0.15, 0.2) is 0 Å². The molecule has 0 heterocycles. The molecular formula is C14H19N3O. The lowest BCUT2D eigenvalue weighted by molar-refractivity contribution is 0.252. The first-order valence-electron chi connectivity index (χ1n) is 6.41. The van der Waals surface area contributed by atoms with E-state index >= 15 is 0 Å². The van der Waals surface area contributed by atoms with E-state index in [0.717, 1.165) is 30.2 Å². The minimum absolute atomic E-state index is 0.285. The van der Waals surface area contributed by atoms with E-state index in [-0.39, 0.29) is 6.03 Å². The molecule has 0 atom stereocenters. The number of nitrogens with zero attached hydrogens (tertiary/aromatic N) is 1. The minimum Gasteiger partial charge on any atom is -0.307 e. The van der Waals surface area contributed by atoms with E-state index in [9.17, 15) is 4.79 Å². The van der Waals surface area contributed by atoms with E-state index in [1.807, 2.05) is 30.3 Å². The lowest BCUT2D eigenvalue weighted by Gasteiger charge is -2.18. The highest BCUT2D eigenvalue weighted by molar-refractivity contribution is 5.91. The highest BCUT2D eigenvalue weighted by Gasteiger charge is 2.13. The van der Waals surface area contributed by atoms with Gasteiger partial charge in [0.1, 0.15) is 0 Å². The Morgan fingerprint density at radius 3 is 2.56 bits per heavy atom. The summed E-state index contributed by atoms with van der Waals surface area (Å²) in [4.78, 5) is 11.6. The molecule has 96 valence electrons. The van der Waals surface area contributed by atoms with Crippen molar-refractivity contribution >= 4 is 17.4 Å². The normalized spacial score (nSPS) is 19.2. The second kappa shape index (κ2) is 6.19. The Morgan fingerprint density at radius 1 is 1.22 bits per heavy atom. The highest BCUT2D eigenvalue weighted by Crippen LogP contribution is 2.20. The van der Waals surface area contributed by atoms with Crippen LogP contribution in [0.5, 0.6) is 0 Å². The second-order valence-electron chi connectivity index (χ2n) is 4.79. The van der Waals surface area contributed by atoms with Crippen molar-refractivity contribution < 1.29 is 4.79 Å². The maximum atomic E-state index is 11.6. The molecule has 1 aliphatic carbocycles. The average Bonchev–Trinajstić information content (AvgIpc) is 2.39. The Balaban J connectivity index is 1.80. The number of carbonyl (C=O) groups excluding carboxylic acids is 1. The quantitative estimate of drug-likeness (QED) is 0.771. The topological polar surface area (TPSA) is 53.5 Å². The van der Waals surface area contributed by atoms with Crippen LogP contribution in [0.25, 0.3) is 0 Å². The lowest BCUT2D eigenvalue weighted by Crippen LogP contribution is -2.26. The van der Waals surface area contributed by atoms with Crippen LogP contribution in [0, 0.1) is 5.92 Å². The van der Waals surface area contributed by atoms with Crippen LogP contribution in [0.15, 0.2) is 35.4 Å². The number of para-hydroxylation sites is 1. The van der Waals surface area contributed by atoms with Gasteiger partial charge in [0.2, 0.25) is 0 Å². The van der Waals surface area contributed by atoms with Gasteiger partial charge in [-0.15, -0.1) is 0 Å². The molecule has 0 spiro atoms. The van der Waals surface area contributed by atoms with Crippen molar-refractivity contribution in [1.29, 1.82) is 0 Å². The molecule has 1 saturated carbocycles. The van der Waals surface area contributed by atoms with E-state index in [4.69, 9.17) is 0 Å². The van der Waals surface area contributed by atoms with Gasteiger partial charge in [-0.25, -0.2) is 10.2 Å². The number of hydrogen-bond donors (Lipinski definition) is 2. The van der Waals surface area contributed by atoms with E-state index < -0.39 is 0 Å². The van der Waals surface area contributed by atoms with Crippen molar-refractivity contribution in [3.05, 3.63) is 30.3 Å². The highest BCUT2D eigenvalue weighted by atomic mass is 16.2. The van der Waals surface area contributed by atoms with Crippen molar-refractivity contribution in [3.8, 4) is 0 Å². The summed E-state index contributed by atoms with van der Waals surface area (Å²) in [5.41, 5.74) is 4.42. The number of rotatable bonds is 2. The van der Waals surface area contributed by atoms with Crippen LogP contribution in [-0.4, -0.2) is 11.7 Å². The Morgan fingerprint density at radius 2 is 1.89 bits per heavy atom. The number of anilines is 1. The fourth-order valence-corrected chi connectivity index (χ4v) is 2.02. The summed E-state index contributed by atoms with van der Waals surface area (Å²) < 4.78 is 0. The van der Waals surface area contributed by atoms with E-state index in [0.29, 0.717) is 0 Å². The first kappa shape index (κ1) is 12.6. The van der Waals surface area contributed by atoms with Crippen LogP contribution in [0.3, 0.4) is 0 Å². The molecule has 1 aliphatic rings. The van der Waals surface area contributed by atoms with Crippen molar-refractivity contribution in [2.45, 2.75) is 32.6 Å². The zero-order chi connectivity index (χ0) is 12.8. The van der Waals surface area contributed by atoms with Gasteiger partial charge >= 0.3 is 6.03 Å². The SMILES string of the molecule is CC1CCC(=NNC(=O)Nc2ccccc2)CC1. The van der Waals surface area contributed by atoms with E-state index in [2.05, 4.69) is 22.8 Å². The Labute approximate surface area is 107 Å². The molecule has 2 N–H and O–H groups in total. The molecule has 1 aromatic rings. The third kappa shape index (κ3) is 3.87. The molecule has 0 bridgehead atoms. The third-order valence-electron chi connectivity index (χ3n) is 3.20. The summed E-state index contributed by atoms with van der Waals surface area (Å²) in [6, 6.07) is 9.07. The van der Waals surface area contributed by atoms with E-state index in [1.165, 1.54) is 12.8 Å². The smallest absolute Gasteiger partial charge is 0.307 e. The summed E-state index contributed by atoms with van der Waals surface area (Å²) in [5, 5.41) is 6.90. The second-order valence-corrected chi connectivity index (χ2v) is 4.79. The van der Waals surface area contributed by atoms with Crippen molar-refractivity contribution in [1.82, 2.24) is 5.43 Å². The third-order valence-corrected chi connectivity index (χ3v) is 3.20. The van der Waals surface area contributed by atoms with Gasteiger partial charge in [-0.2, -0.15) is 5.10 Å². The molecule has 1 fully saturated rings. The molecule has 1 aromatic carbocycles. The number of benzene rings is 1. The summed E-state index contributed by atoms with van der Waals surface area (Å²) in [6.07, 6.45) is 4.32. The molecule has 2 rings (SSSR count). The van der Waals surface area contributed by atoms with Crippen LogP contribution in [0.1, 0.15) is 32.6 Å². The van der Waals surface area contributed by atoms with Crippen LogP contribution in [0.4, 0.5) is 10.5 Å². The number of nitrogens with one attached hydrogen (secondary N) is 2. The molecule has 0 aromatic heterocycles. The summed E-state index contributed by atoms with van der Waals surface area (Å²) in [7, 11) is 0. The zero-order valence-corrected chi connectivity index (χ0v) is 10.6. The lowest BCUT2D eigenvalue weighted by atomic mass is 9.90.